The van der Waals surface area contributed by atoms with Gasteiger partial charge in [-0.3, -0.25) is 4.39 Å². The summed E-state index contributed by atoms with van der Waals surface area (Å²) < 4.78 is 10.3. The molecule has 0 saturated carbocycles. The number of halogens is 1. The molecule has 1 aromatic carbocycles. The molecular weight excluding hydrogens is 369 g/mol. The van der Waals surface area contributed by atoms with Gasteiger partial charge in [0.2, 0.25) is 0 Å². The van der Waals surface area contributed by atoms with Crippen LogP contribution < -0.4 is 5.32 Å². The lowest BCUT2D eigenvalue weighted by molar-refractivity contribution is 0.527. The van der Waals surface area contributed by atoms with E-state index >= 15 is 0 Å². The molecule has 0 fully saturated rings. The topological polar surface area (TPSA) is 37.8 Å². The Balaban J connectivity index is 0.000000878. The van der Waals surface area contributed by atoms with Crippen LogP contribution in [0.2, 0.25) is 0 Å². The lowest BCUT2D eigenvalue weighted by Gasteiger charge is -2.11. The lowest BCUT2D eigenvalue weighted by Crippen LogP contribution is -2.00. The number of hydrogen-bond donors (Lipinski definition) is 1. The molecule has 0 aliphatic carbocycles. The fourth-order valence-corrected chi connectivity index (χ4v) is 2.95. The monoisotopic (exact) mass is 393 g/mol. The highest BCUT2D eigenvalue weighted by Crippen LogP contribution is 2.19. The van der Waals surface area contributed by atoms with Crippen molar-refractivity contribution in [3.05, 3.63) is 81.4 Å². The predicted octanol–water partition coefficient (Wildman–Crippen LogP) is 5.92. The number of alkyl halides is 1. The van der Waals surface area contributed by atoms with Crippen molar-refractivity contribution < 1.29 is 4.39 Å². The summed E-state index contributed by atoms with van der Waals surface area (Å²) in [5.74, 6) is 7.23. The van der Waals surface area contributed by atoms with Crippen LogP contribution in [0, 0.1) is 32.6 Å². The third kappa shape index (κ3) is 6.33. The number of rotatable bonds is 3. The molecule has 144 valence electrons. The van der Waals surface area contributed by atoms with E-state index in [0.29, 0.717) is 0 Å². The fraction of sp³-hybridized carbons (Fsp3) is 0.217. The van der Waals surface area contributed by atoms with Gasteiger partial charge in [0.15, 0.2) is 0 Å². The molecular formula is C23H24FN3S. The summed E-state index contributed by atoms with van der Waals surface area (Å²) in [6.07, 6.45) is 3.60. The van der Waals surface area contributed by atoms with Crippen LogP contribution in [0.4, 0.5) is 10.2 Å². The molecule has 5 heteroatoms. The summed E-state index contributed by atoms with van der Waals surface area (Å²) in [4.78, 5) is 9.53. The maximum absolute atomic E-state index is 10.3. The molecule has 0 amide bonds. The molecule has 0 radical (unpaired) electrons. The number of hydrogen-bond acceptors (Lipinski definition) is 4. The molecule has 28 heavy (non-hydrogen) atoms. The van der Waals surface area contributed by atoms with Crippen molar-refractivity contribution in [2.75, 3.05) is 12.0 Å². The van der Waals surface area contributed by atoms with E-state index in [9.17, 15) is 4.39 Å². The number of pyridine rings is 1. The van der Waals surface area contributed by atoms with Gasteiger partial charge in [0.05, 0.1) is 22.8 Å². The maximum atomic E-state index is 10.3. The molecule has 0 bridgehead atoms. The van der Waals surface area contributed by atoms with E-state index in [1.807, 2.05) is 38.2 Å². The zero-order valence-corrected chi connectivity index (χ0v) is 17.5. The Labute approximate surface area is 170 Å². The van der Waals surface area contributed by atoms with Gasteiger partial charge in [-0.1, -0.05) is 24.6 Å². The zero-order valence-electron chi connectivity index (χ0n) is 16.6. The van der Waals surface area contributed by atoms with Crippen LogP contribution in [0.5, 0.6) is 0 Å². The molecule has 0 unspecified atom stereocenters. The molecule has 1 N–H and O–H groups in total. The fourth-order valence-electron chi connectivity index (χ4n) is 2.32. The Kier molecular flexibility index (Phi) is 7.91. The number of anilines is 1. The van der Waals surface area contributed by atoms with Gasteiger partial charge in [-0.15, -0.1) is 11.3 Å². The van der Waals surface area contributed by atoms with Crippen LogP contribution in [0.15, 0.2) is 49.3 Å². The quantitative estimate of drug-likeness (QED) is 0.561. The smallest absolute Gasteiger partial charge is 0.130 e. The minimum absolute atomic E-state index is 0.250. The van der Waals surface area contributed by atoms with Gasteiger partial charge in [-0.2, -0.15) is 0 Å². The SMILES string of the molecule is C=C(Nc1cc(C)ccn1)c1ccc(C)c(C#Cc2cnc(C)s2)c1.CCF. The largest absolute Gasteiger partial charge is 0.340 e. The molecule has 3 aromatic rings. The van der Waals surface area contributed by atoms with Crippen molar-refractivity contribution in [2.45, 2.75) is 27.7 Å². The maximum Gasteiger partial charge on any atom is 0.130 e. The van der Waals surface area contributed by atoms with Crippen LogP contribution in [0.3, 0.4) is 0 Å². The van der Waals surface area contributed by atoms with Gasteiger partial charge in [-0.05, 0) is 68.5 Å². The van der Waals surface area contributed by atoms with Crippen molar-refractivity contribution in [1.29, 1.82) is 0 Å². The lowest BCUT2D eigenvalue weighted by atomic mass is 10.0. The van der Waals surface area contributed by atoms with Crippen molar-refractivity contribution in [3.63, 3.8) is 0 Å². The van der Waals surface area contributed by atoms with Crippen LogP contribution in [-0.2, 0) is 0 Å². The second kappa shape index (κ2) is 10.4. The summed E-state index contributed by atoms with van der Waals surface area (Å²) in [5, 5.41) is 4.29. The number of nitrogens with zero attached hydrogens (tertiary/aromatic N) is 2. The average Bonchev–Trinajstić information content (AvgIpc) is 3.07. The summed E-state index contributed by atoms with van der Waals surface area (Å²) >= 11 is 1.60. The number of aromatic nitrogens is 2. The molecule has 0 saturated heterocycles. The van der Waals surface area contributed by atoms with E-state index in [0.717, 1.165) is 43.7 Å². The Hall–Kier alpha value is -2.97. The van der Waals surface area contributed by atoms with Gasteiger partial charge in [0, 0.05) is 17.5 Å². The van der Waals surface area contributed by atoms with Gasteiger partial charge in [0.25, 0.3) is 0 Å². The first kappa shape index (κ1) is 21.3. The molecule has 2 heterocycles. The highest BCUT2D eigenvalue weighted by Gasteiger charge is 2.04. The molecule has 2 aromatic heterocycles. The van der Waals surface area contributed by atoms with Crippen LogP contribution >= 0.6 is 11.3 Å². The first-order valence-electron chi connectivity index (χ1n) is 8.93. The standard InChI is InChI=1S/C21H19N3S.C2H5F/c1-14-9-10-22-21(11-14)24-16(3)19-6-5-15(2)18(12-19)7-8-20-13-23-17(4)25-20;1-2-3/h5-6,9-13H,3H2,1-2,4H3,(H,22,24);2H2,1H3. The average molecular weight is 394 g/mol. The summed E-state index contributed by atoms with van der Waals surface area (Å²) in [5.41, 5.74) is 5.08. The third-order valence-electron chi connectivity index (χ3n) is 3.72. The van der Waals surface area contributed by atoms with Crippen LogP contribution in [-0.4, -0.2) is 16.6 Å². The minimum Gasteiger partial charge on any atom is -0.340 e. The van der Waals surface area contributed by atoms with Gasteiger partial charge in [-0.25, -0.2) is 9.97 Å². The number of benzene rings is 1. The van der Waals surface area contributed by atoms with E-state index in [-0.39, 0.29) is 6.67 Å². The number of aryl methyl sites for hydroxylation is 3. The van der Waals surface area contributed by atoms with Gasteiger partial charge >= 0.3 is 0 Å². The first-order valence-corrected chi connectivity index (χ1v) is 9.74. The normalized spacial score (nSPS) is 9.61. The minimum atomic E-state index is -0.250. The number of nitrogens with one attached hydrogen (secondary N) is 1. The molecule has 3 rings (SSSR count). The van der Waals surface area contributed by atoms with Crippen molar-refractivity contribution in [1.82, 2.24) is 9.97 Å². The van der Waals surface area contributed by atoms with Crippen molar-refractivity contribution in [2.24, 2.45) is 0 Å². The second-order valence-electron chi connectivity index (χ2n) is 6.11. The Morgan fingerprint density at radius 1 is 1.14 bits per heavy atom. The molecule has 0 aliphatic heterocycles. The van der Waals surface area contributed by atoms with E-state index in [1.165, 1.54) is 6.92 Å². The predicted molar refractivity (Wildman–Crippen MR) is 117 cm³/mol. The van der Waals surface area contributed by atoms with Crippen LogP contribution in [0.1, 0.15) is 39.1 Å². The second-order valence-corrected chi connectivity index (χ2v) is 7.35. The molecule has 0 spiro atoms. The number of thiazole rings is 1. The van der Waals surface area contributed by atoms with E-state index < -0.39 is 0 Å². The Morgan fingerprint density at radius 2 is 1.89 bits per heavy atom. The highest BCUT2D eigenvalue weighted by atomic mass is 32.1. The van der Waals surface area contributed by atoms with E-state index in [2.05, 4.69) is 52.8 Å². The molecule has 3 nitrogen and oxygen atoms in total. The van der Waals surface area contributed by atoms with Crippen LogP contribution in [0.25, 0.3) is 5.70 Å². The van der Waals surface area contributed by atoms with Gasteiger partial charge < -0.3 is 5.32 Å². The summed E-state index contributed by atoms with van der Waals surface area (Å²) in [6.45, 7) is 11.4. The van der Waals surface area contributed by atoms with E-state index in [1.54, 1.807) is 17.5 Å². The van der Waals surface area contributed by atoms with Gasteiger partial charge in [0.1, 0.15) is 5.82 Å². The van der Waals surface area contributed by atoms with Crippen molar-refractivity contribution in [3.8, 4) is 11.8 Å². The molecule has 0 aliphatic rings. The third-order valence-corrected chi connectivity index (χ3v) is 4.55. The molecule has 0 atom stereocenters. The summed E-state index contributed by atoms with van der Waals surface area (Å²) in [6, 6.07) is 10.1. The Bertz CT molecular complexity index is 1010. The first-order chi connectivity index (χ1) is 13.4. The van der Waals surface area contributed by atoms with E-state index in [4.69, 9.17) is 0 Å². The van der Waals surface area contributed by atoms with Crippen molar-refractivity contribution >= 4 is 22.9 Å². The Morgan fingerprint density at radius 3 is 2.54 bits per heavy atom. The zero-order chi connectivity index (χ0) is 20.5. The summed E-state index contributed by atoms with van der Waals surface area (Å²) in [7, 11) is 0. The highest BCUT2D eigenvalue weighted by molar-refractivity contribution is 7.12.